The number of rotatable bonds is 8. The van der Waals surface area contributed by atoms with Gasteiger partial charge in [0.15, 0.2) is 0 Å². The maximum atomic E-state index is 5.46. The Bertz CT molecular complexity index is 275. The summed E-state index contributed by atoms with van der Waals surface area (Å²) in [4.78, 5) is 4.13. The summed E-state index contributed by atoms with van der Waals surface area (Å²) < 4.78 is 10.8. The zero-order valence-corrected chi connectivity index (χ0v) is 9.82. The van der Waals surface area contributed by atoms with Gasteiger partial charge in [0.1, 0.15) is 12.4 Å². The van der Waals surface area contributed by atoms with E-state index in [1.54, 1.807) is 6.20 Å². The summed E-state index contributed by atoms with van der Waals surface area (Å²) in [5.74, 6) is 0.760. The Morgan fingerprint density at radius 2 is 2.12 bits per heavy atom. The van der Waals surface area contributed by atoms with Gasteiger partial charge in [-0.05, 0) is 18.6 Å². The molecule has 0 spiro atoms. The van der Waals surface area contributed by atoms with Crippen molar-refractivity contribution in [2.45, 2.75) is 26.3 Å². The maximum Gasteiger partial charge on any atom is 0.137 e. The summed E-state index contributed by atoms with van der Waals surface area (Å²) in [6.45, 7) is 4.60. The lowest BCUT2D eigenvalue weighted by Crippen LogP contribution is -2.08. The molecule has 16 heavy (non-hydrogen) atoms. The van der Waals surface area contributed by atoms with Gasteiger partial charge in [-0.3, -0.25) is 4.98 Å². The highest BCUT2D eigenvalue weighted by molar-refractivity contribution is 5.19. The van der Waals surface area contributed by atoms with Crippen LogP contribution in [0.2, 0.25) is 0 Å². The molecule has 0 bridgehead atoms. The van der Waals surface area contributed by atoms with Gasteiger partial charge >= 0.3 is 0 Å². The van der Waals surface area contributed by atoms with Crippen molar-refractivity contribution in [2.24, 2.45) is 5.73 Å². The van der Waals surface area contributed by atoms with Crippen LogP contribution in [-0.2, 0) is 11.3 Å². The van der Waals surface area contributed by atoms with Gasteiger partial charge in [0.05, 0.1) is 18.5 Å². The molecule has 0 atom stereocenters. The van der Waals surface area contributed by atoms with Crippen molar-refractivity contribution >= 4 is 0 Å². The first-order valence-corrected chi connectivity index (χ1v) is 5.72. The average molecular weight is 224 g/mol. The fraction of sp³-hybridized carbons (Fsp3) is 0.583. The predicted molar refractivity (Wildman–Crippen MR) is 63.4 cm³/mol. The smallest absolute Gasteiger partial charge is 0.137 e. The van der Waals surface area contributed by atoms with Gasteiger partial charge in [-0.2, -0.15) is 0 Å². The van der Waals surface area contributed by atoms with Gasteiger partial charge in [-0.15, -0.1) is 0 Å². The summed E-state index contributed by atoms with van der Waals surface area (Å²) in [5, 5.41) is 0. The molecule has 4 heteroatoms. The molecule has 0 aromatic carbocycles. The van der Waals surface area contributed by atoms with Crippen molar-refractivity contribution < 1.29 is 9.47 Å². The normalized spacial score (nSPS) is 10.4. The van der Waals surface area contributed by atoms with Crippen LogP contribution in [0, 0.1) is 0 Å². The summed E-state index contributed by atoms with van der Waals surface area (Å²) in [6, 6.07) is 3.74. The summed E-state index contributed by atoms with van der Waals surface area (Å²) in [5.41, 5.74) is 6.31. The van der Waals surface area contributed by atoms with E-state index in [4.69, 9.17) is 15.2 Å². The van der Waals surface area contributed by atoms with Crippen LogP contribution in [0.15, 0.2) is 18.3 Å². The van der Waals surface area contributed by atoms with Gasteiger partial charge in [0, 0.05) is 13.2 Å². The minimum absolute atomic E-state index is 0.459. The molecule has 0 radical (unpaired) electrons. The highest BCUT2D eigenvalue weighted by Crippen LogP contribution is 2.08. The molecule has 2 N–H and O–H groups in total. The molecule has 0 fully saturated rings. The topological polar surface area (TPSA) is 57.4 Å². The second kappa shape index (κ2) is 8.07. The van der Waals surface area contributed by atoms with Gasteiger partial charge in [-0.25, -0.2) is 0 Å². The van der Waals surface area contributed by atoms with E-state index < -0.39 is 0 Å². The molecule has 1 rings (SSSR count). The first-order valence-electron chi connectivity index (χ1n) is 5.72. The molecule has 0 saturated heterocycles. The Morgan fingerprint density at radius 1 is 1.25 bits per heavy atom. The van der Waals surface area contributed by atoms with Crippen LogP contribution >= 0.6 is 0 Å². The van der Waals surface area contributed by atoms with E-state index in [0.717, 1.165) is 30.9 Å². The van der Waals surface area contributed by atoms with E-state index in [1.807, 2.05) is 12.1 Å². The van der Waals surface area contributed by atoms with Gasteiger partial charge in [-0.1, -0.05) is 13.3 Å². The van der Waals surface area contributed by atoms with Crippen LogP contribution in [0.4, 0.5) is 0 Å². The summed E-state index contributed by atoms with van der Waals surface area (Å²) in [6.07, 6.45) is 3.95. The molecule has 90 valence electrons. The van der Waals surface area contributed by atoms with Crippen LogP contribution in [-0.4, -0.2) is 24.8 Å². The molecule has 0 unspecified atom stereocenters. The summed E-state index contributed by atoms with van der Waals surface area (Å²) in [7, 11) is 0. The molecular weight excluding hydrogens is 204 g/mol. The Hall–Kier alpha value is -1.13. The first-order chi connectivity index (χ1) is 7.86. The number of pyridine rings is 1. The molecule has 1 aromatic heterocycles. The number of aromatic nitrogens is 1. The van der Waals surface area contributed by atoms with Gasteiger partial charge in [0.25, 0.3) is 0 Å². The number of nitrogens with two attached hydrogens (primary N) is 1. The standard InChI is InChI=1S/C12H20N2O2/c1-2-3-6-15-7-8-16-12-5-4-11(9-13)14-10-12/h4-5,10H,2-3,6-9,13H2,1H3. The van der Waals surface area contributed by atoms with Crippen LogP contribution in [0.25, 0.3) is 0 Å². The molecule has 0 amide bonds. The van der Waals surface area contributed by atoms with Crippen LogP contribution in [0.5, 0.6) is 5.75 Å². The monoisotopic (exact) mass is 224 g/mol. The summed E-state index contributed by atoms with van der Waals surface area (Å²) >= 11 is 0. The quantitative estimate of drug-likeness (QED) is 0.683. The number of nitrogens with zero attached hydrogens (tertiary/aromatic N) is 1. The van der Waals surface area contributed by atoms with Crippen LogP contribution in [0.1, 0.15) is 25.5 Å². The Balaban J connectivity index is 2.12. The van der Waals surface area contributed by atoms with Crippen molar-refractivity contribution in [3.63, 3.8) is 0 Å². The lowest BCUT2D eigenvalue weighted by molar-refractivity contribution is 0.0979. The Morgan fingerprint density at radius 3 is 2.75 bits per heavy atom. The Labute approximate surface area is 96.8 Å². The third-order valence-electron chi connectivity index (χ3n) is 2.15. The van der Waals surface area contributed by atoms with E-state index in [1.165, 1.54) is 0 Å². The zero-order valence-electron chi connectivity index (χ0n) is 9.82. The van der Waals surface area contributed by atoms with Crippen LogP contribution < -0.4 is 10.5 Å². The minimum Gasteiger partial charge on any atom is -0.490 e. The minimum atomic E-state index is 0.459. The predicted octanol–water partition coefficient (Wildman–Crippen LogP) is 1.74. The third kappa shape index (κ3) is 5.09. The van der Waals surface area contributed by atoms with E-state index in [-0.39, 0.29) is 0 Å². The number of hydrogen-bond acceptors (Lipinski definition) is 4. The number of hydrogen-bond donors (Lipinski definition) is 1. The molecule has 0 aliphatic heterocycles. The second-order valence-corrected chi connectivity index (χ2v) is 3.50. The van der Waals surface area contributed by atoms with Crippen molar-refractivity contribution in [3.8, 4) is 5.75 Å². The highest BCUT2D eigenvalue weighted by atomic mass is 16.5. The molecule has 1 aromatic rings. The first kappa shape index (κ1) is 12.9. The Kier molecular flexibility index (Phi) is 6.53. The molecule has 0 saturated carbocycles. The second-order valence-electron chi connectivity index (χ2n) is 3.50. The average Bonchev–Trinajstić information content (AvgIpc) is 2.34. The van der Waals surface area contributed by atoms with Gasteiger partial charge < -0.3 is 15.2 Å². The van der Waals surface area contributed by atoms with E-state index in [2.05, 4.69) is 11.9 Å². The SMILES string of the molecule is CCCCOCCOc1ccc(CN)nc1. The zero-order chi connectivity index (χ0) is 11.6. The van der Waals surface area contributed by atoms with Crippen molar-refractivity contribution in [2.75, 3.05) is 19.8 Å². The van der Waals surface area contributed by atoms with Crippen molar-refractivity contribution in [1.29, 1.82) is 0 Å². The number of unbranched alkanes of at least 4 members (excludes halogenated alkanes) is 1. The van der Waals surface area contributed by atoms with Gasteiger partial charge in [0.2, 0.25) is 0 Å². The molecular formula is C12H20N2O2. The lowest BCUT2D eigenvalue weighted by atomic mass is 10.3. The molecule has 1 heterocycles. The van der Waals surface area contributed by atoms with Crippen molar-refractivity contribution in [1.82, 2.24) is 4.98 Å². The largest absolute Gasteiger partial charge is 0.490 e. The van der Waals surface area contributed by atoms with Crippen LogP contribution in [0.3, 0.4) is 0 Å². The third-order valence-corrected chi connectivity index (χ3v) is 2.15. The van der Waals surface area contributed by atoms with E-state index in [0.29, 0.717) is 19.8 Å². The molecule has 4 nitrogen and oxygen atoms in total. The fourth-order valence-corrected chi connectivity index (χ4v) is 1.18. The molecule has 0 aliphatic carbocycles. The van der Waals surface area contributed by atoms with E-state index in [9.17, 15) is 0 Å². The lowest BCUT2D eigenvalue weighted by Gasteiger charge is -2.06. The number of ether oxygens (including phenoxy) is 2. The van der Waals surface area contributed by atoms with E-state index >= 15 is 0 Å². The highest BCUT2D eigenvalue weighted by Gasteiger charge is 1.95. The van der Waals surface area contributed by atoms with Crippen molar-refractivity contribution in [3.05, 3.63) is 24.0 Å². The molecule has 0 aliphatic rings. The maximum absolute atomic E-state index is 5.46. The fourth-order valence-electron chi connectivity index (χ4n) is 1.18.